The van der Waals surface area contributed by atoms with Crippen LogP contribution in [-0.2, 0) is 4.79 Å². The number of aromatic nitrogens is 3. The molecule has 7 nitrogen and oxygen atoms in total. The van der Waals surface area contributed by atoms with Gasteiger partial charge in [0.15, 0.2) is 5.69 Å². The van der Waals surface area contributed by atoms with Gasteiger partial charge in [-0.25, -0.2) is 0 Å². The molecule has 0 saturated carbocycles. The lowest BCUT2D eigenvalue weighted by Crippen LogP contribution is -2.36. The quantitative estimate of drug-likeness (QED) is 0.273. The number of anilines is 1. The summed E-state index contributed by atoms with van der Waals surface area (Å²) in [7, 11) is 0. The van der Waals surface area contributed by atoms with E-state index in [0.29, 0.717) is 34.8 Å². The third kappa shape index (κ3) is 5.17. The van der Waals surface area contributed by atoms with E-state index in [1.807, 2.05) is 55.5 Å². The Labute approximate surface area is 204 Å². The highest BCUT2D eigenvalue weighted by atomic mass is 32.2. The van der Waals surface area contributed by atoms with E-state index < -0.39 is 6.23 Å². The van der Waals surface area contributed by atoms with E-state index in [4.69, 9.17) is 14.5 Å². The number of thioether (sulfide) groups is 1. The van der Waals surface area contributed by atoms with E-state index in [1.54, 1.807) is 16.7 Å². The number of carbonyl (C=O) groups is 1. The molecule has 0 N–H and O–H groups in total. The molecule has 34 heavy (non-hydrogen) atoms. The van der Waals surface area contributed by atoms with E-state index in [2.05, 4.69) is 17.1 Å². The minimum atomic E-state index is -0.762. The SMILES string of the molecule is CCCCCCSc1nnc2c(n1)O[C@@H](c1ccccc1OCC)N(C(C)=O)c1ccccc1-2. The third-order valence-electron chi connectivity index (χ3n) is 5.56. The molecule has 0 unspecified atom stereocenters. The smallest absolute Gasteiger partial charge is 0.247 e. The molecule has 8 heteroatoms. The van der Waals surface area contributed by atoms with Gasteiger partial charge in [-0.1, -0.05) is 68.3 Å². The highest BCUT2D eigenvalue weighted by Gasteiger charge is 2.35. The van der Waals surface area contributed by atoms with E-state index in [1.165, 1.54) is 26.2 Å². The first-order chi connectivity index (χ1) is 16.6. The number of hydrogen-bond acceptors (Lipinski definition) is 7. The van der Waals surface area contributed by atoms with E-state index in [0.717, 1.165) is 23.3 Å². The van der Waals surface area contributed by atoms with Gasteiger partial charge in [0.05, 0.1) is 17.9 Å². The first-order valence-corrected chi connectivity index (χ1v) is 12.8. The molecule has 2 heterocycles. The number of nitrogens with zero attached hydrogens (tertiary/aromatic N) is 4. The lowest BCUT2D eigenvalue weighted by Gasteiger charge is -2.30. The average Bonchev–Trinajstić information content (AvgIpc) is 2.99. The molecular weight excluding hydrogens is 448 g/mol. The molecular formula is C26H30N4O3S. The molecule has 0 fully saturated rings. The Bertz CT molecular complexity index is 1140. The third-order valence-corrected chi connectivity index (χ3v) is 6.49. The summed E-state index contributed by atoms with van der Waals surface area (Å²) in [5.41, 5.74) is 2.72. The summed E-state index contributed by atoms with van der Waals surface area (Å²) in [5, 5.41) is 9.42. The Kier molecular flexibility index (Phi) is 8.00. The highest BCUT2D eigenvalue weighted by molar-refractivity contribution is 7.99. The van der Waals surface area contributed by atoms with Crippen LogP contribution in [0.4, 0.5) is 5.69 Å². The molecule has 0 aliphatic carbocycles. The molecule has 1 aliphatic rings. The first kappa shape index (κ1) is 24.0. The van der Waals surface area contributed by atoms with E-state index in [-0.39, 0.29) is 5.91 Å². The fourth-order valence-corrected chi connectivity index (χ4v) is 4.76. The van der Waals surface area contributed by atoms with Crippen molar-refractivity contribution in [3.8, 4) is 22.9 Å². The van der Waals surface area contributed by atoms with Gasteiger partial charge in [-0.3, -0.25) is 9.69 Å². The van der Waals surface area contributed by atoms with Crippen molar-refractivity contribution in [1.29, 1.82) is 0 Å². The van der Waals surface area contributed by atoms with Gasteiger partial charge < -0.3 is 9.47 Å². The van der Waals surface area contributed by atoms with Crippen molar-refractivity contribution in [3.05, 3.63) is 54.1 Å². The van der Waals surface area contributed by atoms with Crippen LogP contribution >= 0.6 is 11.8 Å². The van der Waals surface area contributed by atoms with Crippen molar-refractivity contribution in [3.63, 3.8) is 0 Å². The minimum absolute atomic E-state index is 0.157. The maximum atomic E-state index is 13.0. The zero-order valence-corrected chi connectivity index (χ0v) is 20.7. The molecule has 4 rings (SSSR count). The molecule has 0 bridgehead atoms. The molecule has 1 aromatic heterocycles. The van der Waals surface area contributed by atoms with Crippen LogP contribution in [-0.4, -0.2) is 33.4 Å². The second-order valence-electron chi connectivity index (χ2n) is 8.00. The number of unbranched alkanes of at least 4 members (excludes halogenated alkanes) is 3. The normalized spacial score (nSPS) is 14.6. The van der Waals surface area contributed by atoms with Crippen molar-refractivity contribution < 1.29 is 14.3 Å². The van der Waals surface area contributed by atoms with Crippen LogP contribution in [0.15, 0.2) is 53.7 Å². The lowest BCUT2D eigenvalue weighted by molar-refractivity contribution is -0.118. The average molecular weight is 479 g/mol. The predicted molar refractivity (Wildman–Crippen MR) is 134 cm³/mol. The van der Waals surface area contributed by atoms with Crippen LogP contribution in [0.1, 0.15) is 58.2 Å². The van der Waals surface area contributed by atoms with E-state index >= 15 is 0 Å². The van der Waals surface area contributed by atoms with Crippen LogP contribution in [0.25, 0.3) is 11.3 Å². The number of para-hydroxylation sites is 2. The Hall–Kier alpha value is -3.13. The summed E-state index contributed by atoms with van der Waals surface area (Å²) < 4.78 is 12.3. The van der Waals surface area contributed by atoms with Gasteiger partial charge in [-0.2, -0.15) is 4.98 Å². The Morgan fingerprint density at radius 2 is 1.85 bits per heavy atom. The number of amides is 1. The van der Waals surface area contributed by atoms with Gasteiger partial charge in [0, 0.05) is 18.2 Å². The summed E-state index contributed by atoms with van der Waals surface area (Å²) in [6, 6.07) is 15.2. The van der Waals surface area contributed by atoms with Crippen molar-refractivity contribution in [1.82, 2.24) is 15.2 Å². The monoisotopic (exact) mass is 478 g/mol. The van der Waals surface area contributed by atoms with E-state index in [9.17, 15) is 4.79 Å². The summed E-state index contributed by atoms with van der Waals surface area (Å²) in [5.74, 6) is 1.79. The lowest BCUT2D eigenvalue weighted by atomic mass is 10.1. The molecule has 3 aromatic rings. The van der Waals surface area contributed by atoms with Gasteiger partial charge in [0.1, 0.15) is 5.75 Å². The van der Waals surface area contributed by atoms with Crippen molar-refractivity contribution in [2.45, 2.75) is 57.8 Å². The molecule has 0 saturated heterocycles. The van der Waals surface area contributed by atoms with Crippen molar-refractivity contribution >= 4 is 23.4 Å². The van der Waals surface area contributed by atoms with Gasteiger partial charge in [-0.05, 0) is 31.5 Å². The highest BCUT2D eigenvalue weighted by Crippen LogP contribution is 2.44. The van der Waals surface area contributed by atoms with Gasteiger partial charge in [0.25, 0.3) is 0 Å². The molecule has 1 aliphatic heterocycles. The van der Waals surface area contributed by atoms with Crippen molar-refractivity contribution in [2.75, 3.05) is 17.3 Å². The molecule has 0 radical (unpaired) electrons. The number of rotatable bonds is 9. The molecule has 178 valence electrons. The Balaban J connectivity index is 1.77. The van der Waals surface area contributed by atoms with Gasteiger partial charge in [-0.15, -0.1) is 10.2 Å². The minimum Gasteiger partial charge on any atom is -0.493 e. The summed E-state index contributed by atoms with van der Waals surface area (Å²) in [6.45, 7) is 6.16. The first-order valence-electron chi connectivity index (χ1n) is 11.8. The zero-order valence-electron chi connectivity index (χ0n) is 19.9. The number of hydrogen-bond donors (Lipinski definition) is 0. The van der Waals surface area contributed by atoms with Crippen LogP contribution in [0.3, 0.4) is 0 Å². The Morgan fingerprint density at radius 1 is 1.06 bits per heavy atom. The molecule has 1 atom stereocenters. The maximum absolute atomic E-state index is 13.0. The Morgan fingerprint density at radius 3 is 2.65 bits per heavy atom. The number of carbonyl (C=O) groups excluding carboxylic acids is 1. The van der Waals surface area contributed by atoms with Crippen LogP contribution in [0, 0.1) is 0 Å². The van der Waals surface area contributed by atoms with Crippen molar-refractivity contribution in [2.24, 2.45) is 0 Å². The summed E-state index contributed by atoms with van der Waals surface area (Å²) in [4.78, 5) is 19.3. The van der Waals surface area contributed by atoms with Crippen LogP contribution in [0.2, 0.25) is 0 Å². The standard InChI is InChI=1S/C26H30N4O3S/c1-4-6-7-12-17-34-26-27-24-23(28-29-26)19-13-8-10-15-21(19)30(18(3)31)25(33-24)20-14-9-11-16-22(20)32-5-2/h8-11,13-16,25H,4-7,12,17H2,1-3H3/t25-/m0/s1. The topological polar surface area (TPSA) is 77.4 Å². The zero-order chi connectivity index (χ0) is 23.9. The van der Waals surface area contributed by atoms with Gasteiger partial charge >= 0.3 is 0 Å². The fourth-order valence-electron chi connectivity index (χ4n) is 3.98. The number of ether oxygens (including phenoxy) is 2. The molecule has 0 spiro atoms. The molecule has 2 aromatic carbocycles. The number of benzene rings is 2. The fraction of sp³-hybridized carbons (Fsp3) is 0.385. The predicted octanol–water partition coefficient (Wildman–Crippen LogP) is 6.05. The maximum Gasteiger partial charge on any atom is 0.247 e. The number of fused-ring (bicyclic) bond motifs is 3. The largest absolute Gasteiger partial charge is 0.493 e. The second-order valence-corrected chi connectivity index (χ2v) is 9.07. The summed E-state index contributed by atoms with van der Waals surface area (Å²) >= 11 is 1.58. The second kappa shape index (κ2) is 11.3. The van der Waals surface area contributed by atoms with Crippen LogP contribution in [0.5, 0.6) is 11.6 Å². The van der Waals surface area contributed by atoms with Gasteiger partial charge in [0.2, 0.25) is 23.2 Å². The van der Waals surface area contributed by atoms with Crippen LogP contribution < -0.4 is 14.4 Å². The summed E-state index contributed by atoms with van der Waals surface area (Å²) in [6.07, 6.45) is 3.96. The molecule has 1 amide bonds.